The minimum absolute atomic E-state index is 0.0176. The van der Waals surface area contributed by atoms with Gasteiger partial charge in [0, 0.05) is 38.4 Å². The number of ether oxygens (including phenoxy) is 1. The van der Waals surface area contributed by atoms with E-state index in [0.29, 0.717) is 6.42 Å². The molecule has 0 unspecified atom stereocenters. The molecule has 1 saturated heterocycles. The van der Waals surface area contributed by atoms with Crippen LogP contribution in [0.1, 0.15) is 12.0 Å². The van der Waals surface area contributed by atoms with Crippen LogP contribution in [0.15, 0.2) is 47.4 Å². The fraction of sp³-hybridized carbons (Fsp3) is 0.429. The van der Waals surface area contributed by atoms with Crippen molar-refractivity contribution in [2.45, 2.75) is 17.7 Å². The van der Waals surface area contributed by atoms with Crippen molar-refractivity contribution in [1.29, 1.82) is 0 Å². The number of halogens is 1. The highest BCUT2D eigenvalue weighted by Crippen LogP contribution is 2.21. The summed E-state index contributed by atoms with van der Waals surface area (Å²) in [5.41, 5.74) is 2.39. The number of hydrogen-bond acceptors (Lipinski definition) is 5. The maximum Gasteiger partial charge on any atom is 0.240 e. The van der Waals surface area contributed by atoms with Crippen molar-refractivity contribution in [3.8, 4) is 5.75 Å². The van der Waals surface area contributed by atoms with E-state index in [1.54, 1.807) is 0 Å². The van der Waals surface area contributed by atoms with Gasteiger partial charge in [-0.15, -0.1) is 0 Å². The van der Waals surface area contributed by atoms with Crippen LogP contribution in [0, 0.1) is 5.82 Å². The predicted octanol–water partition coefficient (Wildman–Crippen LogP) is 2.50. The van der Waals surface area contributed by atoms with Crippen LogP contribution < -0.4 is 14.4 Å². The van der Waals surface area contributed by atoms with Gasteiger partial charge in [-0.2, -0.15) is 0 Å². The summed E-state index contributed by atoms with van der Waals surface area (Å²) in [5, 5.41) is 0. The van der Waals surface area contributed by atoms with Crippen molar-refractivity contribution < 1.29 is 17.5 Å². The lowest BCUT2D eigenvalue weighted by Crippen LogP contribution is -2.44. The molecule has 0 bridgehead atoms. The summed E-state index contributed by atoms with van der Waals surface area (Å²) in [5.74, 6) is -0.681. The molecule has 1 N–H and O–H groups in total. The molecule has 1 fully saturated rings. The van der Waals surface area contributed by atoms with Crippen molar-refractivity contribution >= 4 is 15.7 Å². The zero-order valence-electron chi connectivity index (χ0n) is 16.9. The molecule has 1 aliphatic heterocycles. The van der Waals surface area contributed by atoms with Gasteiger partial charge < -0.3 is 14.5 Å². The molecule has 0 amide bonds. The van der Waals surface area contributed by atoms with Crippen LogP contribution >= 0.6 is 0 Å². The molecule has 0 spiro atoms. The van der Waals surface area contributed by atoms with Crippen molar-refractivity contribution in [3.63, 3.8) is 0 Å². The SMILES string of the molecule is COc1ccc(S(=O)(=O)NCCCc2ccc(N3CCN(C)CC3)cc2)cc1F. The lowest BCUT2D eigenvalue weighted by Gasteiger charge is -2.34. The van der Waals surface area contributed by atoms with Crippen molar-refractivity contribution in [1.82, 2.24) is 9.62 Å². The van der Waals surface area contributed by atoms with Crippen LogP contribution in [-0.2, 0) is 16.4 Å². The average Bonchev–Trinajstić information content (AvgIpc) is 2.72. The van der Waals surface area contributed by atoms with Gasteiger partial charge in [-0.1, -0.05) is 12.1 Å². The van der Waals surface area contributed by atoms with Crippen LogP contribution in [-0.4, -0.2) is 60.2 Å². The van der Waals surface area contributed by atoms with E-state index in [0.717, 1.165) is 44.2 Å². The smallest absolute Gasteiger partial charge is 0.240 e. The van der Waals surface area contributed by atoms with Gasteiger partial charge in [0.2, 0.25) is 10.0 Å². The summed E-state index contributed by atoms with van der Waals surface area (Å²) in [6.07, 6.45) is 1.42. The van der Waals surface area contributed by atoms with E-state index in [2.05, 4.69) is 45.8 Å². The van der Waals surface area contributed by atoms with Crippen LogP contribution in [0.3, 0.4) is 0 Å². The number of anilines is 1. The first-order valence-corrected chi connectivity index (χ1v) is 11.2. The minimum Gasteiger partial charge on any atom is -0.494 e. The van der Waals surface area contributed by atoms with E-state index in [1.807, 2.05) is 0 Å². The molecule has 1 heterocycles. The number of hydrogen-bond donors (Lipinski definition) is 1. The predicted molar refractivity (Wildman–Crippen MR) is 113 cm³/mol. The van der Waals surface area contributed by atoms with Crippen molar-refractivity contribution in [2.24, 2.45) is 0 Å². The molecule has 0 aliphatic carbocycles. The van der Waals surface area contributed by atoms with E-state index < -0.39 is 15.8 Å². The highest BCUT2D eigenvalue weighted by Gasteiger charge is 2.16. The number of sulfonamides is 1. The molecule has 3 rings (SSSR count). The molecule has 8 heteroatoms. The number of piperazine rings is 1. The number of nitrogens with one attached hydrogen (secondary N) is 1. The Morgan fingerprint density at radius 1 is 1.07 bits per heavy atom. The van der Waals surface area contributed by atoms with Gasteiger partial charge in [-0.25, -0.2) is 17.5 Å². The molecule has 0 saturated carbocycles. The molecular weight excluding hydrogens is 393 g/mol. The Morgan fingerprint density at radius 2 is 1.76 bits per heavy atom. The van der Waals surface area contributed by atoms with Crippen LogP contribution in [0.25, 0.3) is 0 Å². The van der Waals surface area contributed by atoms with E-state index in [9.17, 15) is 12.8 Å². The highest BCUT2D eigenvalue weighted by atomic mass is 32.2. The van der Waals surface area contributed by atoms with Gasteiger partial charge in [0.1, 0.15) is 0 Å². The lowest BCUT2D eigenvalue weighted by atomic mass is 10.1. The van der Waals surface area contributed by atoms with Gasteiger partial charge in [0.05, 0.1) is 12.0 Å². The van der Waals surface area contributed by atoms with Crippen molar-refractivity contribution in [3.05, 3.63) is 53.8 Å². The largest absolute Gasteiger partial charge is 0.494 e. The quantitative estimate of drug-likeness (QED) is 0.664. The Kier molecular flexibility index (Phi) is 7.10. The minimum atomic E-state index is -3.74. The van der Waals surface area contributed by atoms with Gasteiger partial charge >= 0.3 is 0 Å². The maximum atomic E-state index is 13.8. The first-order valence-electron chi connectivity index (χ1n) is 9.75. The summed E-state index contributed by atoms with van der Waals surface area (Å²) >= 11 is 0. The topological polar surface area (TPSA) is 61.9 Å². The van der Waals surface area contributed by atoms with Crippen LogP contribution in [0.5, 0.6) is 5.75 Å². The zero-order valence-corrected chi connectivity index (χ0v) is 17.7. The lowest BCUT2D eigenvalue weighted by molar-refractivity contribution is 0.313. The van der Waals surface area contributed by atoms with E-state index in [4.69, 9.17) is 4.74 Å². The Morgan fingerprint density at radius 3 is 2.38 bits per heavy atom. The Labute approximate surface area is 172 Å². The number of rotatable bonds is 8. The second-order valence-electron chi connectivity index (χ2n) is 7.25. The number of nitrogens with zero attached hydrogens (tertiary/aromatic N) is 2. The van der Waals surface area contributed by atoms with Gasteiger partial charge in [-0.3, -0.25) is 0 Å². The number of benzene rings is 2. The van der Waals surface area contributed by atoms with E-state index >= 15 is 0 Å². The molecule has 1 aliphatic rings. The Bertz CT molecular complexity index is 911. The maximum absolute atomic E-state index is 13.8. The second kappa shape index (κ2) is 9.56. The molecule has 2 aromatic rings. The monoisotopic (exact) mass is 421 g/mol. The summed E-state index contributed by atoms with van der Waals surface area (Å²) in [6.45, 7) is 4.49. The third kappa shape index (κ3) is 5.68. The fourth-order valence-corrected chi connectivity index (χ4v) is 4.42. The van der Waals surface area contributed by atoms with Crippen LogP contribution in [0.2, 0.25) is 0 Å². The third-order valence-corrected chi connectivity index (χ3v) is 6.63. The van der Waals surface area contributed by atoms with E-state index in [-0.39, 0.29) is 17.2 Å². The molecule has 0 radical (unpaired) electrons. The highest BCUT2D eigenvalue weighted by molar-refractivity contribution is 7.89. The number of likely N-dealkylation sites (N-methyl/N-ethyl adjacent to an activating group) is 1. The number of methoxy groups -OCH3 is 1. The summed E-state index contributed by atoms with van der Waals surface area (Å²) < 4.78 is 45.7. The zero-order chi connectivity index (χ0) is 20.9. The molecular formula is C21H28FN3O3S. The first-order chi connectivity index (χ1) is 13.9. The summed E-state index contributed by atoms with van der Waals surface area (Å²) in [6, 6.07) is 12.1. The summed E-state index contributed by atoms with van der Waals surface area (Å²) in [7, 11) is -0.270. The number of aryl methyl sites for hydroxylation is 1. The molecule has 0 aromatic heterocycles. The van der Waals surface area contributed by atoms with Gasteiger partial charge in [-0.05, 0) is 55.8 Å². The molecule has 158 valence electrons. The molecule has 2 aromatic carbocycles. The molecule has 0 atom stereocenters. The van der Waals surface area contributed by atoms with Crippen LogP contribution in [0.4, 0.5) is 10.1 Å². The Balaban J connectivity index is 1.48. The van der Waals surface area contributed by atoms with Gasteiger partial charge in [0.15, 0.2) is 11.6 Å². The third-order valence-electron chi connectivity index (χ3n) is 5.17. The fourth-order valence-electron chi connectivity index (χ4n) is 3.33. The average molecular weight is 422 g/mol. The van der Waals surface area contributed by atoms with Gasteiger partial charge in [0.25, 0.3) is 0 Å². The summed E-state index contributed by atoms with van der Waals surface area (Å²) in [4.78, 5) is 4.60. The first kappa shape index (κ1) is 21.5. The van der Waals surface area contributed by atoms with E-state index in [1.165, 1.54) is 24.9 Å². The second-order valence-corrected chi connectivity index (χ2v) is 9.02. The molecule has 29 heavy (non-hydrogen) atoms. The molecule has 6 nitrogen and oxygen atoms in total. The van der Waals surface area contributed by atoms with Crippen molar-refractivity contribution in [2.75, 3.05) is 51.8 Å². The standard InChI is InChI=1S/C21H28FN3O3S/c1-24-12-14-25(15-13-24)18-7-5-17(6-8-18)4-3-11-23-29(26,27)19-9-10-21(28-2)20(22)16-19/h5-10,16,23H,3-4,11-15H2,1-2H3. The Hall–Kier alpha value is -2.16. The normalized spacial score (nSPS) is 15.5.